The molecule has 192 valence electrons. The first kappa shape index (κ1) is 23.2. The van der Waals surface area contributed by atoms with Gasteiger partial charge in [-0.2, -0.15) is 5.10 Å². The topological polar surface area (TPSA) is 129 Å². The predicted octanol–water partition coefficient (Wildman–Crippen LogP) is 3.39. The van der Waals surface area contributed by atoms with Crippen molar-refractivity contribution < 1.29 is 14.6 Å². The molecule has 10 nitrogen and oxygen atoms in total. The number of fused-ring (bicyclic) bond motifs is 2. The van der Waals surface area contributed by atoms with Gasteiger partial charge in [0.15, 0.2) is 11.6 Å². The van der Waals surface area contributed by atoms with Crippen molar-refractivity contribution in [3.63, 3.8) is 0 Å². The number of nitrogens with one attached hydrogen (secondary N) is 2. The van der Waals surface area contributed by atoms with Crippen molar-refractivity contribution in [2.45, 2.75) is 18.4 Å². The molecule has 0 unspecified atom stereocenters. The Morgan fingerprint density at radius 1 is 1.16 bits per heavy atom. The molecule has 0 spiro atoms. The minimum Gasteiger partial charge on any atom is -0.388 e. The van der Waals surface area contributed by atoms with Gasteiger partial charge in [0.05, 0.1) is 46.3 Å². The van der Waals surface area contributed by atoms with E-state index in [1.54, 1.807) is 29.9 Å². The Bertz CT molecular complexity index is 1670. The molecule has 1 saturated heterocycles. The van der Waals surface area contributed by atoms with Crippen LogP contribution in [0.25, 0.3) is 42.9 Å². The number of carbonyl (C=O) groups excluding carboxylic acids is 1. The maximum atomic E-state index is 12.7. The van der Waals surface area contributed by atoms with E-state index in [4.69, 9.17) is 14.7 Å². The van der Waals surface area contributed by atoms with Gasteiger partial charge < -0.3 is 20.1 Å². The van der Waals surface area contributed by atoms with E-state index in [1.165, 1.54) is 0 Å². The Morgan fingerprint density at radius 3 is 2.87 bits per heavy atom. The Kier molecular flexibility index (Phi) is 5.57. The molecule has 4 aromatic heterocycles. The number of rotatable bonds is 6. The monoisotopic (exact) mass is 527 g/mol. The number of aromatic amines is 1. The van der Waals surface area contributed by atoms with Crippen molar-refractivity contribution in [1.82, 2.24) is 30.5 Å². The van der Waals surface area contributed by atoms with E-state index in [-0.39, 0.29) is 12.5 Å². The molecule has 1 aromatic carbocycles. The molecule has 38 heavy (non-hydrogen) atoms. The minimum atomic E-state index is -0.751. The van der Waals surface area contributed by atoms with Crippen LogP contribution >= 0.6 is 11.3 Å². The third-order valence-corrected chi connectivity index (χ3v) is 8.25. The molecule has 3 N–H and O–H groups in total. The van der Waals surface area contributed by atoms with Gasteiger partial charge in [-0.3, -0.25) is 14.9 Å². The fraction of sp³-hybridized carbons (Fsp3) is 0.296. The molecule has 1 saturated carbocycles. The highest BCUT2D eigenvalue weighted by molar-refractivity contribution is 7.22. The van der Waals surface area contributed by atoms with Crippen molar-refractivity contribution in [2.24, 2.45) is 0 Å². The molecule has 0 atom stereocenters. The average Bonchev–Trinajstić information content (AvgIpc) is 3.32. The minimum absolute atomic E-state index is 0.245. The lowest BCUT2D eigenvalue weighted by molar-refractivity contribution is 0.0896. The lowest BCUT2D eigenvalue weighted by atomic mass is 10.1. The van der Waals surface area contributed by atoms with Crippen molar-refractivity contribution >= 4 is 44.2 Å². The molecule has 5 heterocycles. The zero-order valence-electron chi connectivity index (χ0n) is 20.5. The number of aromatic nitrogens is 5. The summed E-state index contributed by atoms with van der Waals surface area (Å²) in [5, 5.41) is 21.1. The third-order valence-electron chi connectivity index (χ3n) is 7.08. The van der Waals surface area contributed by atoms with Gasteiger partial charge in [-0.25, -0.2) is 9.97 Å². The van der Waals surface area contributed by atoms with Crippen molar-refractivity contribution in [2.75, 3.05) is 37.7 Å². The van der Waals surface area contributed by atoms with Gasteiger partial charge in [-0.1, -0.05) is 12.1 Å². The van der Waals surface area contributed by atoms with Gasteiger partial charge in [0.25, 0.3) is 5.91 Å². The summed E-state index contributed by atoms with van der Waals surface area (Å²) >= 11 is 1.59. The SMILES string of the molecule is O=C(NCC1(O)CC1)c1cncc(-c2cc3nc(-c4cccc5[nH]ncc45)nc(N4CCOCC4)c3s2)c1. The lowest BCUT2D eigenvalue weighted by Crippen LogP contribution is -2.36. The molecule has 2 aliphatic rings. The van der Waals surface area contributed by atoms with Gasteiger partial charge in [-0.05, 0) is 31.0 Å². The third kappa shape index (κ3) is 4.28. The van der Waals surface area contributed by atoms with Crippen molar-refractivity contribution in [3.8, 4) is 21.8 Å². The smallest absolute Gasteiger partial charge is 0.252 e. The highest BCUT2D eigenvalue weighted by Gasteiger charge is 2.40. The average molecular weight is 528 g/mol. The highest BCUT2D eigenvalue weighted by Crippen LogP contribution is 2.39. The molecule has 0 bridgehead atoms. The largest absolute Gasteiger partial charge is 0.388 e. The summed E-state index contributed by atoms with van der Waals surface area (Å²) in [5.74, 6) is 1.27. The van der Waals surface area contributed by atoms with Crippen LogP contribution in [0, 0.1) is 0 Å². The summed E-state index contributed by atoms with van der Waals surface area (Å²) in [5.41, 5.74) is 3.22. The van der Waals surface area contributed by atoms with E-state index in [2.05, 4.69) is 25.4 Å². The molecule has 11 heteroatoms. The second-order valence-electron chi connectivity index (χ2n) is 9.80. The van der Waals surface area contributed by atoms with E-state index in [1.807, 2.05) is 30.3 Å². The summed E-state index contributed by atoms with van der Waals surface area (Å²) < 4.78 is 6.58. The first-order chi connectivity index (χ1) is 18.6. The van der Waals surface area contributed by atoms with Crippen LogP contribution in [0.1, 0.15) is 23.2 Å². The summed E-state index contributed by atoms with van der Waals surface area (Å²) in [4.78, 5) is 30.3. The maximum absolute atomic E-state index is 12.7. The van der Waals surface area contributed by atoms with Crippen LogP contribution in [0.3, 0.4) is 0 Å². The predicted molar refractivity (Wildman–Crippen MR) is 145 cm³/mol. The fourth-order valence-corrected chi connectivity index (χ4v) is 5.79. The zero-order chi connectivity index (χ0) is 25.7. The number of amides is 1. The summed E-state index contributed by atoms with van der Waals surface area (Å²) in [7, 11) is 0. The van der Waals surface area contributed by atoms with E-state index < -0.39 is 5.60 Å². The summed E-state index contributed by atoms with van der Waals surface area (Å²) in [6.45, 7) is 3.04. The second kappa shape index (κ2) is 9.12. The maximum Gasteiger partial charge on any atom is 0.252 e. The molecule has 1 aliphatic heterocycles. The van der Waals surface area contributed by atoms with Gasteiger partial charge in [-0.15, -0.1) is 11.3 Å². The fourth-order valence-electron chi connectivity index (χ4n) is 4.70. The van der Waals surface area contributed by atoms with Gasteiger partial charge >= 0.3 is 0 Å². The first-order valence-electron chi connectivity index (χ1n) is 12.6. The summed E-state index contributed by atoms with van der Waals surface area (Å²) in [6, 6.07) is 9.84. The number of anilines is 1. The van der Waals surface area contributed by atoms with Crippen LogP contribution in [0.2, 0.25) is 0 Å². The number of morpholine rings is 1. The second-order valence-corrected chi connectivity index (χ2v) is 10.9. The number of thiophene rings is 1. The number of carbonyl (C=O) groups is 1. The standard InChI is InChI=1S/C27H25N7O3S/c35-26(29-15-27(36)4-5-27)17-10-16(12-28-13-17)22-11-21-23(38-22)25(34-6-8-37-9-7-34)32-24(31-21)18-2-1-3-20-19(18)14-30-33-20/h1-3,10-14,36H,4-9,15H2,(H,29,35)(H,30,33). The quantitative estimate of drug-likeness (QED) is 0.307. The van der Waals surface area contributed by atoms with Gasteiger partial charge in [0.2, 0.25) is 0 Å². The van der Waals surface area contributed by atoms with Crippen LogP contribution in [-0.4, -0.2) is 74.6 Å². The molecular weight excluding hydrogens is 502 g/mol. The Hall–Kier alpha value is -3.93. The summed E-state index contributed by atoms with van der Waals surface area (Å²) in [6.07, 6.45) is 6.54. The normalized spacial score (nSPS) is 16.7. The highest BCUT2D eigenvalue weighted by atomic mass is 32.1. The molecule has 2 fully saturated rings. The van der Waals surface area contributed by atoms with Crippen molar-refractivity contribution in [3.05, 3.63) is 54.5 Å². The van der Waals surface area contributed by atoms with Crippen LogP contribution in [0.15, 0.2) is 48.9 Å². The number of ether oxygens (including phenoxy) is 1. The van der Waals surface area contributed by atoms with Gasteiger partial charge in [0.1, 0.15) is 0 Å². The lowest BCUT2D eigenvalue weighted by Gasteiger charge is -2.28. The van der Waals surface area contributed by atoms with E-state index in [0.29, 0.717) is 24.6 Å². The molecule has 1 amide bonds. The van der Waals surface area contributed by atoms with Crippen LogP contribution < -0.4 is 10.2 Å². The number of hydrogen-bond donors (Lipinski definition) is 3. The number of hydrogen-bond acceptors (Lipinski definition) is 9. The Labute approximate surface area is 221 Å². The Morgan fingerprint density at radius 2 is 2.03 bits per heavy atom. The molecule has 5 aromatic rings. The van der Waals surface area contributed by atoms with Crippen molar-refractivity contribution in [1.29, 1.82) is 0 Å². The van der Waals surface area contributed by atoms with E-state index in [9.17, 15) is 9.90 Å². The van der Waals surface area contributed by atoms with E-state index >= 15 is 0 Å². The number of aliphatic hydroxyl groups is 1. The van der Waals surface area contributed by atoms with Crippen LogP contribution in [0.4, 0.5) is 5.82 Å². The van der Waals surface area contributed by atoms with E-state index in [0.717, 1.165) is 68.9 Å². The number of H-pyrrole nitrogens is 1. The first-order valence-corrected chi connectivity index (χ1v) is 13.4. The molecule has 0 radical (unpaired) electrons. The number of benzene rings is 1. The molecule has 7 rings (SSSR count). The number of nitrogens with zero attached hydrogens (tertiary/aromatic N) is 5. The Balaban J connectivity index is 1.30. The number of pyridine rings is 1. The van der Waals surface area contributed by atoms with Gasteiger partial charge in [0, 0.05) is 53.4 Å². The zero-order valence-corrected chi connectivity index (χ0v) is 21.3. The molecular formula is C27H25N7O3S. The molecule has 1 aliphatic carbocycles. The van der Waals surface area contributed by atoms with Crippen LogP contribution in [-0.2, 0) is 4.74 Å². The van der Waals surface area contributed by atoms with Crippen LogP contribution in [0.5, 0.6) is 0 Å².